The van der Waals surface area contributed by atoms with Gasteiger partial charge in [-0.05, 0) is 17.9 Å². The molecule has 0 radical (unpaired) electrons. The average Bonchev–Trinajstić information content (AvgIpc) is 2.85. The summed E-state index contributed by atoms with van der Waals surface area (Å²) in [7, 11) is 0. The fourth-order valence-corrected chi connectivity index (χ4v) is 2.07. The molecule has 0 spiro atoms. The largest absolute Gasteiger partial charge is 0.470 e. The van der Waals surface area contributed by atoms with Gasteiger partial charge in [0.05, 0.1) is 12.8 Å². The molecule has 4 heteroatoms. The first-order valence-electron chi connectivity index (χ1n) is 6.42. The van der Waals surface area contributed by atoms with Crippen LogP contribution < -0.4 is 4.74 Å². The van der Waals surface area contributed by atoms with Crippen LogP contribution in [0.4, 0.5) is 5.00 Å². The second-order valence-electron chi connectivity index (χ2n) is 4.66. The fraction of sp³-hybridized carbons (Fsp3) is 0.333. The summed E-state index contributed by atoms with van der Waals surface area (Å²) in [6.07, 6.45) is 4.63. The molecule has 2 rings (SSSR count). The first kappa shape index (κ1) is 13.7. The van der Waals surface area contributed by atoms with Gasteiger partial charge in [0.2, 0.25) is 0 Å². The minimum atomic E-state index is 0.649. The van der Waals surface area contributed by atoms with Crippen molar-refractivity contribution in [2.24, 2.45) is 10.9 Å². The van der Waals surface area contributed by atoms with Crippen LogP contribution in [0.1, 0.15) is 25.8 Å². The van der Waals surface area contributed by atoms with E-state index in [9.17, 15) is 0 Å². The predicted octanol–water partition coefficient (Wildman–Crippen LogP) is 4.32. The topological polar surface area (TPSA) is 34.5 Å². The van der Waals surface area contributed by atoms with Crippen LogP contribution in [0.3, 0.4) is 0 Å². The number of hydrogen-bond donors (Lipinski definition) is 0. The van der Waals surface area contributed by atoms with Gasteiger partial charge >= 0.3 is 0 Å². The van der Waals surface area contributed by atoms with E-state index in [-0.39, 0.29) is 0 Å². The lowest BCUT2D eigenvalue weighted by molar-refractivity contribution is 0.288. The molecule has 0 amide bonds. The Balaban J connectivity index is 1.89. The maximum atomic E-state index is 5.58. The molecule has 0 saturated heterocycles. The van der Waals surface area contributed by atoms with Crippen LogP contribution in [-0.2, 0) is 0 Å². The van der Waals surface area contributed by atoms with Crippen molar-refractivity contribution >= 4 is 22.6 Å². The molecule has 0 bridgehead atoms. The van der Waals surface area contributed by atoms with Crippen molar-refractivity contribution in [3.63, 3.8) is 0 Å². The third-order valence-electron chi connectivity index (χ3n) is 2.53. The predicted molar refractivity (Wildman–Crippen MR) is 80.8 cm³/mol. The summed E-state index contributed by atoms with van der Waals surface area (Å²) in [5.41, 5.74) is 1.08. The Hall–Kier alpha value is -1.68. The summed E-state index contributed by atoms with van der Waals surface area (Å²) < 4.78 is 5.58. The van der Waals surface area contributed by atoms with Crippen molar-refractivity contribution in [2.45, 2.75) is 20.3 Å². The van der Waals surface area contributed by atoms with Gasteiger partial charge in [-0.1, -0.05) is 55.5 Å². The van der Waals surface area contributed by atoms with E-state index in [4.69, 9.17) is 4.74 Å². The summed E-state index contributed by atoms with van der Waals surface area (Å²) in [5, 5.41) is 1.56. The van der Waals surface area contributed by atoms with Crippen molar-refractivity contribution in [3.05, 3.63) is 42.1 Å². The van der Waals surface area contributed by atoms with Crippen molar-refractivity contribution in [1.82, 2.24) is 4.98 Å². The van der Waals surface area contributed by atoms with Crippen LogP contribution in [-0.4, -0.2) is 17.8 Å². The van der Waals surface area contributed by atoms with Crippen LogP contribution in [0, 0.1) is 5.92 Å². The van der Waals surface area contributed by atoms with E-state index in [1.54, 1.807) is 6.20 Å². The monoisotopic (exact) mass is 274 g/mol. The van der Waals surface area contributed by atoms with Crippen LogP contribution in [0.15, 0.2) is 41.5 Å². The molecule has 1 aromatic carbocycles. The summed E-state index contributed by atoms with van der Waals surface area (Å²) in [6, 6.07) is 10.0. The molecule has 1 heterocycles. The van der Waals surface area contributed by atoms with Crippen LogP contribution in [0.25, 0.3) is 0 Å². The Bertz CT molecular complexity index is 520. The molecule has 0 saturated carbocycles. The minimum Gasteiger partial charge on any atom is -0.470 e. The number of rotatable bonds is 6. The van der Waals surface area contributed by atoms with E-state index < -0.39 is 0 Å². The zero-order valence-corrected chi connectivity index (χ0v) is 12.1. The van der Waals surface area contributed by atoms with Crippen LogP contribution in [0.2, 0.25) is 0 Å². The highest BCUT2D eigenvalue weighted by molar-refractivity contribution is 7.17. The smallest absolute Gasteiger partial charge is 0.275 e. The number of nitrogens with zero attached hydrogens (tertiary/aromatic N) is 2. The number of thiazole rings is 1. The van der Waals surface area contributed by atoms with E-state index in [1.165, 1.54) is 11.3 Å². The molecule has 1 aromatic heterocycles. The van der Waals surface area contributed by atoms with Gasteiger partial charge in [-0.15, -0.1) is 0 Å². The molecule has 2 aromatic rings. The molecule has 0 aliphatic carbocycles. The normalized spacial score (nSPS) is 11.3. The van der Waals surface area contributed by atoms with Crippen molar-refractivity contribution in [1.29, 1.82) is 0 Å². The molecule has 100 valence electrons. The fourth-order valence-electron chi connectivity index (χ4n) is 1.44. The van der Waals surface area contributed by atoms with Gasteiger partial charge in [-0.25, -0.2) is 9.98 Å². The second-order valence-corrected chi connectivity index (χ2v) is 5.64. The molecule has 0 aliphatic rings. The number of aromatic nitrogens is 1. The van der Waals surface area contributed by atoms with Gasteiger partial charge in [0.25, 0.3) is 5.19 Å². The van der Waals surface area contributed by atoms with Gasteiger partial charge in [0.1, 0.15) is 5.00 Å². The summed E-state index contributed by atoms with van der Waals surface area (Å²) in [4.78, 5) is 8.60. The quantitative estimate of drug-likeness (QED) is 0.735. The van der Waals surface area contributed by atoms with Gasteiger partial charge in [0, 0.05) is 6.21 Å². The van der Waals surface area contributed by atoms with Gasteiger partial charge in [-0.3, -0.25) is 0 Å². The Morgan fingerprint density at radius 3 is 2.84 bits per heavy atom. The Morgan fingerprint density at radius 1 is 1.32 bits per heavy atom. The second kappa shape index (κ2) is 7.04. The molecule has 0 atom stereocenters. The molecule has 0 fully saturated rings. The zero-order valence-electron chi connectivity index (χ0n) is 11.2. The van der Waals surface area contributed by atoms with Crippen molar-refractivity contribution in [3.8, 4) is 5.19 Å². The highest BCUT2D eigenvalue weighted by atomic mass is 32.1. The maximum absolute atomic E-state index is 5.58. The van der Waals surface area contributed by atoms with E-state index in [1.807, 2.05) is 36.5 Å². The number of hydrogen-bond acceptors (Lipinski definition) is 4. The van der Waals surface area contributed by atoms with E-state index >= 15 is 0 Å². The third-order valence-corrected chi connectivity index (χ3v) is 3.35. The van der Waals surface area contributed by atoms with Crippen molar-refractivity contribution < 1.29 is 4.74 Å². The molecular weight excluding hydrogens is 256 g/mol. The lowest BCUT2D eigenvalue weighted by Crippen LogP contribution is -2.00. The molecular formula is C15H18N2OS. The zero-order chi connectivity index (χ0) is 13.5. The first-order valence-corrected chi connectivity index (χ1v) is 7.23. The highest BCUT2D eigenvalue weighted by Crippen LogP contribution is 2.27. The molecule has 0 N–H and O–H groups in total. The lowest BCUT2D eigenvalue weighted by atomic mass is 10.1. The SMILES string of the molecule is CC(C)CCOc1ncc(N=Cc2ccccc2)s1. The van der Waals surface area contributed by atoms with E-state index in [0.717, 1.165) is 17.0 Å². The summed E-state index contributed by atoms with van der Waals surface area (Å²) >= 11 is 1.47. The average molecular weight is 274 g/mol. The van der Waals surface area contributed by atoms with E-state index in [2.05, 4.69) is 23.8 Å². The molecule has 3 nitrogen and oxygen atoms in total. The Morgan fingerprint density at radius 2 is 2.11 bits per heavy atom. The lowest BCUT2D eigenvalue weighted by Gasteiger charge is -2.03. The molecule has 0 unspecified atom stereocenters. The standard InChI is InChI=1S/C15H18N2OS/c1-12(2)8-9-18-15-17-11-14(19-15)16-10-13-6-4-3-5-7-13/h3-7,10-12H,8-9H2,1-2H3. The Labute approximate surface area is 118 Å². The number of aliphatic imine (C=N–C) groups is 1. The first-order chi connectivity index (χ1) is 9.24. The molecule has 0 aliphatic heterocycles. The maximum Gasteiger partial charge on any atom is 0.275 e. The van der Waals surface area contributed by atoms with Crippen LogP contribution >= 0.6 is 11.3 Å². The van der Waals surface area contributed by atoms with Gasteiger partial charge < -0.3 is 4.74 Å². The number of ether oxygens (including phenoxy) is 1. The van der Waals surface area contributed by atoms with Gasteiger partial charge in [0.15, 0.2) is 0 Å². The minimum absolute atomic E-state index is 0.649. The number of benzene rings is 1. The molecule has 19 heavy (non-hydrogen) atoms. The summed E-state index contributed by atoms with van der Waals surface area (Å²) in [5.74, 6) is 0.649. The van der Waals surface area contributed by atoms with E-state index in [0.29, 0.717) is 17.7 Å². The van der Waals surface area contributed by atoms with Crippen LogP contribution in [0.5, 0.6) is 5.19 Å². The third kappa shape index (κ3) is 4.83. The summed E-state index contributed by atoms with van der Waals surface area (Å²) in [6.45, 7) is 5.08. The van der Waals surface area contributed by atoms with Gasteiger partial charge in [-0.2, -0.15) is 0 Å². The highest BCUT2D eigenvalue weighted by Gasteiger charge is 2.02. The van der Waals surface area contributed by atoms with Crippen molar-refractivity contribution in [2.75, 3.05) is 6.61 Å². The Kier molecular flexibility index (Phi) is 5.10.